The van der Waals surface area contributed by atoms with Gasteiger partial charge < -0.3 is 19.0 Å². The molecule has 5 heterocycles. The summed E-state index contributed by atoms with van der Waals surface area (Å²) in [6.07, 6.45) is 2.28. The van der Waals surface area contributed by atoms with Crippen molar-refractivity contribution in [3.8, 4) is 22.3 Å². The molecule has 3 aliphatic rings. The van der Waals surface area contributed by atoms with Crippen molar-refractivity contribution in [2.75, 3.05) is 14.6 Å². The van der Waals surface area contributed by atoms with Gasteiger partial charge in [0.05, 0.1) is 17.1 Å². The minimum Gasteiger partial charge on any atom is -0.454 e. The molecule has 0 spiro atoms. The number of thiophene rings is 2. The van der Waals surface area contributed by atoms with Gasteiger partial charge in [-0.1, -0.05) is 208 Å². The Morgan fingerprint density at radius 1 is 0.419 bits per heavy atom. The number of hydrogen-bond acceptors (Lipinski definition) is 6. The van der Waals surface area contributed by atoms with Crippen molar-refractivity contribution in [2.45, 2.75) is 156 Å². The lowest BCUT2D eigenvalue weighted by Gasteiger charge is -2.45. The van der Waals surface area contributed by atoms with E-state index in [1.165, 1.54) is 113 Å². The second-order valence-electron chi connectivity index (χ2n) is 32.5. The van der Waals surface area contributed by atoms with E-state index in [0.29, 0.717) is 0 Å². The van der Waals surface area contributed by atoms with Crippen molar-refractivity contribution < 1.29 is 4.42 Å². The third kappa shape index (κ3) is 9.55. The van der Waals surface area contributed by atoms with E-state index in [2.05, 4.69) is 320 Å². The summed E-state index contributed by atoms with van der Waals surface area (Å²) < 4.78 is 12.7. The monoisotopic (exact) mass is 1250 g/mol. The van der Waals surface area contributed by atoms with Gasteiger partial charge in [0.1, 0.15) is 5.58 Å². The maximum Gasteiger partial charge on any atom is 0.343 e. The molecule has 0 N–H and O–H groups in total. The molecule has 0 amide bonds. The highest BCUT2D eigenvalue weighted by Gasteiger charge is 2.50. The number of furan rings is 1. The van der Waals surface area contributed by atoms with Gasteiger partial charge in [0.15, 0.2) is 5.58 Å². The first-order valence-corrected chi connectivity index (χ1v) is 35.3. The van der Waals surface area contributed by atoms with Crippen LogP contribution in [0, 0.1) is 0 Å². The van der Waals surface area contributed by atoms with Crippen molar-refractivity contribution in [3.05, 3.63) is 228 Å². The summed E-state index contributed by atoms with van der Waals surface area (Å²) in [5, 5.41) is 6.06. The number of nitrogens with zero attached hydrogens (tertiary/aromatic N) is 3. The first-order valence-electron chi connectivity index (χ1n) is 33.6. The standard InChI is InChI=1S/C86H84BN3OS2/c1-81(2,3)52-26-33-56(34-27-52)88(57-35-28-53(29-36-57)82(4,5)6)59-39-40-61-64-46-63-65-47-66-60-24-20-21-25-72(60)91-79(66)78-76(65)87(90(71(63)50-75(64)92-73(61)45-59)58-37-30-54(31-38-58)83(7,8)9)80-77(67-48-68-69(49-74(67)93-80)86(15,16)43-42-85(68,13)14)89(78)70-41-32-55(84(10,11)12)44-62(70)51-22-18-17-19-23-51/h17-41,44-50H,42-43H2,1-16H3. The van der Waals surface area contributed by atoms with Gasteiger partial charge in [-0.15, -0.1) is 22.7 Å². The zero-order chi connectivity index (χ0) is 64.8. The second kappa shape index (κ2) is 20.6. The molecule has 0 atom stereocenters. The summed E-state index contributed by atoms with van der Waals surface area (Å²) >= 11 is 3.92. The van der Waals surface area contributed by atoms with Crippen LogP contribution in [-0.2, 0) is 32.5 Å². The largest absolute Gasteiger partial charge is 0.454 e. The highest BCUT2D eigenvalue weighted by atomic mass is 32.1. The average Bonchev–Trinajstić information content (AvgIpc) is 1.62. The minimum absolute atomic E-state index is 0.0112. The molecular weight excluding hydrogens is 1170 g/mol. The van der Waals surface area contributed by atoms with E-state index in [1.807, 2.05) is 22.7 Å². The second-order valence-corrected chi connectivity index (χ2v) is 34.6. The molecule has 2 aliphatic heterocycles. The fraction of sp³-hybridized carbons (Fsp3) is 0.279. The molecule has 0 saturated heterocycles. The molecule has 464 valence electrons. The van der Waals surface area contributed by atoms with Crippen LogP contribution in [0.2, 0.25) is 0 Å². The quantitative estimate of drug-likeness (QED) is 0.155. The fourth-order valence-electron chi connectivity index (χ4n) is 15.5. The number of para-hydroxylation sites is 1. The van der Waals surface area contributed by atoms with Gasteiger partial charge in [0.2, 0.25) is 0 Å². The molecule has 0 fully saturated rings. The normalized spacial score (nSPS) is 15.3. The number of anilines is 8. The van der Waals surface area contributed by atoms with Gasteiger partial charge in [-0.2, -0.15) is 0 Å². The Balaban J connectivity index is 1.01. The van der Waals surface area contributed by atoms with Gasteiger partial charge in [-0.05, 0) is 192 Å². The average molecular weight is 1250 g/mol. The Hall–Kier alpha value is -8.36. The van der Waals surface area contributed by atoms with Gasteiger partial charge in [0, 0.05) is 85.4 Å². The lowest BCUT2D eigenvalue weighted by Crippen LogP contribution is -2.60. The molecule has 0 radical (unpaired) electrons. The lowest BCUT2D eigenvalue weighted by atomic mass is 9.46. The topological polar surface area (TPSA) is 22.9 Å². The molecular formula is C86H84BN3OS2. The van der Waals surface area contributed by atoms with Gasteiger partial charge in [-0.25, -0.2) is 0 Å². The van der Waals surface area contributed by atoms with E-state index < -0.39 is 0 Å². The van der Waals surface area contributed by atoms with Crippen LogP contribution in [0.1, 0.15) is 157 Å². The van der Waals surface area contributed by atoms with E-state index in [0.717, 1.165) is 63.2 Å². The fourth-order valence-corrected chi connectivity index (χ4v) is 18.0. The summed E-state index contributed by atoms with van der Waals surface area (Å²) in [5.74, 6) is 0. The van der Waals surface area contributed by atoms with Gasteiger partial charge in [-0.3, -0.25) is 0 Å². The van der Waals surface area contributed by atoms with Crippen LogP contribution in [0.25, 0.3) is 74.5 Å². The van der Waals surface area contributed by atoms with Crippen LogP contribution in [0.15, 0.2) is 199 Å². The predicted molar refractivity (Wildman–Crippen MR) is 406 cm³/mol. The Bertz CT molecular complexity index is 5130. The Labute approximate surface area is 558 Å². The molecule has 3 aromatic heterocycles. The molecule has 0 saturated carbocycles. The summed E-state index contributed by atoms with van der Waals surface area (Å²) in [4.78, 5) is 7.88. The zero-order valence-corrected chi connectivity index (χ0v) is 58.7. The highest BCUT2D eigenvalue weighted by Crippen LogP contribution is 2.58. The van der Waals surface area contributed by atoms with E-state index >= 15 is 0 Å². The van der Waals surface area contributed by atoms with E-state index in [-0.39, 0.29) is 39.3 Å². The van der Waals surface area contributed by atoms with Gasteiger partial charge >= 0.3 is 6.85 Å². The summed E-state index contributed by atoms with van der Waals surface area (Å²) in [5.41, 5.74) is 25.4. The lowest BCUT2D eigenvalue weighted by molar-refractivity contribution is 0.332. The maximum absolute atomic E-state index is 7.53. The van der Waals surface area contributed by atoms with Crippen LogP contribution in [-0.4, -0.2) is 6.85 Å². The van der Waals surface area contributed by atoms with Crippen molar-refractivity contribution in [2.24, 2.45) is 0 Å². The van der Waals surface area contributed by atoms with Crippen molar-refractivity contribution in [1.82, 2.24) is 0 Å². The number of hydrogen-bond donors (Lipinski definition) is 0. The summed E-state index contributed by atoms with van der Waals surface area (Å²) in [7, 11) is 0. The molecule has 4 nitrogen and oxygen atoms in total. The van der Waals surface area contributed by atoms with Crippen LogP contribution >= 0.6 is 22.7 Å². The number of rotatable bonds is 6. The van der Waals surface area contributed by atoms with Crippen LogP contribution in [0.5, 0.6) is 0 Å². The van der Waals surface area contributed by atoms with Crippen molar-refractivity contribution >= 4 is 137 Å². The molecule has 10 aromatic carbocycles. The third-order valence-corrected chi connectivity index (χ3v) is 23.4. The third-order valence-electron chi connectivity index (χ3n) is 21.1. The van der Waals surface area contributed by atoms with Crippen LogP contribution < -0.4 is 24.9 Å². The number of benzene rings is 10. The predicted octanol–water partition coefficient (Wildman–Crippen LogP) is 24.6. The molecule has 0 bridgehead atoms. The molecule has 13 aromatic rings. The van der Waals surface area contributed by atoms with E-state index in [4.69, 9.17) is 4.42 Å². The van der Waals surface area contributed by atoms with Crippen LogP contribution in [0.3, 0.4) is 0 Å². The molecule has 16 rings (SSSR count). The smallest absolute Gasteiger partial charge is 0.343 e. The first-order chi connectivity index (χ1) is 44.1. The van der Waals surface area contributed by atoms with Crippen LogP contribution in [0.4, 0.5) is 45.5 Å². The Morgan fingerprint density at radius 3 is 1.58 bits per heavy atom. The number of fused-ring (bicyclic) bond motifs is 14. The molecule has 93 heavy (non-hydrogen) atoms. The molecule has 0 unspecified atom stereocenters. The van der Waals surface area contributed by atoms with Crippen molar-refractivity contribution in [3.63, 3.8) is 0 Å². The van der Waals surface area contributed by atoms with Gasteiger partial charge in [0.25, 0.3) is 0 Å². The maximum atomic E-state index is 7.53. The van der Waals surface area contributed by atoms with E-state index in [1.54, 1.807) is 0 Å². The van der Waals surface area contributed by atoms with Crippen molar-refractivity contribution in [1.29, 1.82) is 0 Å². The SMILES string of the molecule is CC(C)(C)c1ccc(N2B3c4sc5cc6c(cc5c4N(c4ccc(C(C)(C)C)cc4-c4ccccc4)c4c3c(cc3c4oc4ccccc43)-c3cc4c(cc32)sc2cc(N(c3ccc(C(C)(C)C)cc3)c3ccc(C(C)(C)C)cc3)ccc24)C(C)(C)CCC6(C)C)cc1. The first kappa shape index (κ1) is 59.6. The minimum atomic E-state index is -0.224. The Kier molecular flexibility index (Phi) is 13.2. The summed E-state index contributed by atoms with van der Waals surface area (Å²) in [6.45, 7) is 37.4. The molecule has 7 heteroatoms. The zero-order valence-electron chi connectivity index (χ0n) is 57.0. The highest BCUT2D eigenvalue weighted by molar-refractivity contribution is 7.32. The van der Waals surface area contributed by atoms with E-state index in [9.17, 15) is 0 Å². The Morgan fingerprint density at radius 2 is 0.957 bits per heavy atom. The molecule has 1 aliphatic carbocycles. The summed E-state index contributed by atoms with van der Waals surface area (Å²) in [6, 6.07) is 75.3.